The molecule has 0 atom stereocenters. The summed E-state index contributed by atoms with van der Waals surface area (Å²) in [7, 11) is 3.86. The normalized spacial score (nSPS) is 32.7. The van der Waals surface area contributed by atoms with Crippen LogP contribution in [0.25, 0.3) is 0 Å². The van der Waals surface area contributed by atoms with Crippen molar-refractivity contribution in [1.82, 2.24) is 9.97 Å². The molecule has 0 aromatic carbocycles. The zero-order valence-electron chi connectivity index (χ0n) is 15.9. The van der Waals surface area contributed by atoms with Gasteiger partial charge < -0.3 is 10.2 Å². The van der Waals surface area contributed by atoms with Crippen molar-refractivity contribution in [2.75, 3.05) is 24.3 Å². The monoisotopic (exact) mass is 342 g/mol. The summed E-state index contributed by atoms with van der Waals surface area (Å²) in [6, 6.07) is 0. The smallest absolute Gasteiger partial charge is 0.225 e. The molecule has 25 heavy (non-hydrogen) atoms. The highest BCUT2D eigenvalue weighted by atomic mass is 16.1. The third kappa shape index (κ3) is 3.13. The molecule has 4 fully saturated rings. The minimum Gasteiger partial charge on any atom is -0.347 e. The van der Waals surface area contributed by atoms with Gasteiger partial charge >= 0.3 is 0 Å². The van der Waals surface area contributed by atoms with Crippen LogP contribution in [0.15, 0.2) is 0 Å². The number of anilines is 2. The summed E-state index contributed by atoms with van der Waals surface area (Å²) in [5, 5.41) is 3.14. The van der Waals surface area contributed by atoms with Gasteiger partial charge in [-0.15, -0.1) is 0 Å². The first-order chi connectivity index (χ1) is 11.8. The second-order valence-corrected chi connectivity index (χ2v) is 9.11. The molecule has 5 rings (SSSR count). The number of hydrogen-bond acceptors (Lipinski definition) is 4. The number of carbonyl (C=O) groups excluding carboxylic acids is 1. The zero-order chi connectivity index (χ0) is 17.8. The molecule has 1 aromatic rings. The van der Waals surface area contributed by atoms with Crippen molar-refractivity contribution < 1.29 is 4.79 Å². The average molecular weight is 342 g/mol. The Labute approximate surface area is 150 Å². The first-order valence-electron chi connectivity index (χ1n) is 9.66. The van der Waals surface area contributed by atoms with Crippen molar-refractivity contribution in [1.29, 1.82) is 0 Å². The van der Waals surface area contributed by atoms with Crippen LogP contribution < -0.4 is 10.2 Å². The average Bonchev–Trinajstić information content (AvgIpc) is 2.48. The molecule has 1 amide bonds. The Bertz CT molecular complexity index is 639. The third-order valence-corrected chi connectivity index (χ3v) is 6.62. The Morgan fingerprint density at radius 3 is 1.96 bits per heavy atom. The van der Waals surface area contributed by atoms with E-state index in [1.165, 1.54) is 38.5 Å². The molecular formula is C20H30N4O. The topological polar surface area (TPSA) is 58.1 Å². The van der Waals surface area contributed by atoms with E-state index in [4.69, 9.17) is 0 Å². The van der Waals surface area contributed by atoms with Crippen molar-refractivity contribution in [2.45, 2.75) is 58.8 Å². The Morgan fingerprint density at radius 2 is 1.52 bits per heavy atom. The molecule has 0 radical (unpaired) electrons. The molecule has 136 valence electrons. The predicted molar refractivity (Wildman–Crippen MR) is 99.7 cm³/mol. The van der Waals surface area contributed by atoms with Crippen LogP contribution in [-0.2, 0) is 4.79 Å². The Morgan fingerprint density at radius 1 is 1.04 bits per heavy atom. The number of aromatic nitrogens is 2. The lowest BCUT2D eigenvalue weighted by Crippen LogP contribution is -2.47. The Kier molecular flexibility index (Phi) is 4.00. The molecule has 0 aliphatic heterocycles. The SMILES string of the molecule is Cc1nc(N(C)C)nc(C)c1NC(=O)CC12CC3CC(CC(C3)C1)C2. The number of nitrogens with one attached hydrogen (secondary N) is 1. The lowest BCUT2D eigenvalue weighted by molar-refractivity contribution is -0.124. The summed E-state index contributed by atoms with van der Waals surface area (Å²) in [6.07, 6.45) is 8.71. The summed E-state index contributed by atoms with van der Waals surface area (Å²) in [5.41, 5.74) is 2.75. The van der Waals surface area contributed by atoms with E-state index in [2.05, 4.69) is 15.3 Å². The van der Waals surface area contributed by atoms with Crippen LogP contribution >= 0.6 is 0 Å². The number of aryl methyl sites for hydroxylation is 2. The lowest BCUT2D eigenvalue weighted by atomic mass is 9.49. The van der Waals surface area contributed by atoms with Crippen LogP contribution in [0.5, 0.6) is 0 Å². The van der Waals surface area contributed by atoms with Gasteiger partial charge in [-0.1, -0.05) is 0 Å². The number of hydrogen-bond donors (Lipinski definition) is 1. The zero-order valence-corrected chi connectivity index (χ0v) is 15.9. The fourth-order valence-corrected chi connectivity index (χ4v) is 6.11. The minimum absolute atomic E-state index is 0.148. The summed E-state index contributed by atoms with van der Waals surface area (Å²) < 4.78 is 0. The molecule has 0 unspecified atom stereocenters. The van der Waals surface area contributed by atoms with Crippen molar-refractivity contribution in [2.24, 2.45) is 23.2 Å². The maximum absolute atomic E-state index is 12.8. The molecule has 0 spiro atoms. The van der Waals surface area contributed by atoms with Crippen LogP contribution in [-0.4, -0.2) is 30.0 Å². The van der Waals surface area contributed by atoms with E-state index in [0.29, 0.717) is 12.4 Å². The Balaban J connectivity index is 1.48. The standard InChI is InChI=1S/C20H30N4O/c1-12-18(13(2)22-19(21-12)24(3)4)23-17(25)11-20-8-14-5-15(9-20)7-16(6-14)10-20/h14-16H,5-11H2,1-4H3,(H,23,25). The molecule has 1 heterocycles. The molecule has 1 aromatic heterocycles. The molecule has 5 heteroatoms. The molecule has 0 saturated heterocycles. The van der Waals surface area contributed by atoms with E-state index in [1.807, 2.05) is 32.8 Å². The first kappa shape index (κ1) is 16.8. The highest BCUT2D eigenvalue weighted by molar-refractivity contribution is 5.92. The lowest BCUT2D eigenvalue weighted by Gasteiger charge is -2.56. The number of carbonyl (C=O) groups is 1. The molecule has 5 nitrogen and oxygen atoms in total. The van der Waals surface area contributed by atoms with Gasteiger partial charge in [0.15, 0.2) is 0 Å². The van der Waals surface area contributed by atoms with E-state index < -0.39 is 0 Å². The van der Waals surface area contributed by atoms with Crippen LogP contribution in [0, 0.1) is 37.0 Å². The molecule has 4 saturated carbocycles. The summed E-state index contributed by atoms with van der Waals surface area (Å²) in [4.78, 5) is 23.8. The van der Waals surface area contributed by atoms with Gasteiger partial charge in [0.05, 0.1) is 17.1 Å². The highest BCUT2D eigenvalue weighted by Crippen LogP contribution is 2.61. The molecule has 1 N–H and O–H groups in total. The maximum Gasteiger partial charge on any atom is 0.225 e. The maximum atomic E-state index is 12.8. The van der Waals surface area contributed by atoms with Gasteiger partial charge in [0.1, 0.15) is 0 Å². The van der Waals surface area contributed by atoms with Gasteiger partial charge in [0, 0.05) is 20.5 Å². The van der Waals surface area contributed by atoms with Crippen molar-refractivity contribution in [3.05, 3.63) is 11.4 Å². The first-order valence-corrected chi connectivity index (χ1v) is 9.66. The largest absolute Gasteiger partial charge is 0.347 e. The second-order valence-electron chi connectivity index (χ2n) is 9.11. The van der Waals surface area contributed by atoms with Crippen LogP contribution in [0.3, 0.4) is 0 Å². The fourth-order valence-electron chi connectivity index (χ4n) is 6.11. The van der Waals surface area contributed by atoms with E-state index in [-0.39, 0.29) is 11.3 Å². The summed E-state index contributed by atoms with van der Waals surface area (Å²) >= 11 is 0. The van der Waals surface area contributed by atoms with Gasteiger partial charge in [-0.2, -0.15) is 0 Å². The van der Waals surface area contributed by atoms with Gasteiger partial charge in [0.25, 0.3) is 0 Å². The van der Waals surface area contributed by atoms with Crippen molar-refractivity contribution >= 4 is 17.5 Å². The predicted octanol–water partition coefficient (Wildman–Crippen LogP) is 3.70. The van der Waals surface area contributed by atoms with E-state index in [1.54, 1.807) is 0 Å². The van der Waals surface area contributed by atoms with E-state index in [0.717, 1.165) is 34.8 Å². The molecular weight excluding hydrogens is 312 g/mol. The third-order valence-electron chi connectivity index (χ3n) is 6.62. The number of rotatable bonds is 4. The van der Waals surface area contributed by atoms with Gasteiger partial charge in [0.2, 0.25) is 11.9 Å². The quantitative estimate of drug-likeness (QED) is 0.906. The van der Waals surface area contributed by atoms with Crippen LogP contribution in [0.2, 0.25) is 0 Å². The second kappa shape index (κ2) is 5.96. The van der Waals surface area contributed by atoms with E-state index in [9.17, 15) is 4.79 Å². The number of amides is 1. The van der Waals surface area contributed by atoms with Crippen LogP contribution in [0.1, 0.15) is 56.3 Å². The van der Waals surface area contributed by atoms with Crippen molar-refractivity contribution in [3.63, 3.8) is 0 Å². The van der Waals surface area contributed by atoms with Crippen LogP contribution in [0.4, 0.5) is 11.6 Å². The number of nitrogens with zero attached hydrogens (tertiary/aromatic N) is 3. The summed E-state index contributed by atoms with van der Waals surface area (Å²) in [5.74, 6) is 3.48. The van der Waals surface area contributed by atoms with Crippen molar-refractivity contribution in [3.8, 4) is 0 Å². The van der Waals surface area contributed by atoms with Gasteiger partial charge in [-0.25, -0.2) is 9.97 Å². The molecule has 4 aliphatic carbocycles. The molecule has 4 aliphatic rings. The van der Waals surface area contributed by atoms with Gasteiger partial charge in [-0.05, 0) is 75.5 Å². The fraction of sp³-hybridized carbons (Fsp3) is 0.750. The minimum atomic E-state index is 0.148. The Hall–Kier alpha value is -1.65. The summed E-state index contributed by atoms with van der Waals surface area (Å²) in [6.45, 7) is 3.89. The molecule has 4 bridgehead atoms. The van der Waals surface area contributed by atoms with E-state index >= 15 is 0 Å². The van der Waals surface area contributed by atoms with Gasteiger partial charge in [-0.3, -0.25) is 4.79 Å². The highest BCUT2D eigenvalue weighted by Gasteiger charge is 2.51.